The van der Waals surface area contributed by atoms with Crippen LogP contribution in [0.15, 0.2) is 0 Å². The van der Waals surface area contributed by atoms with Crippen molar-refractivity contribution in [3.05, 3.63) is 0 Å². The quantitative estimate of drug-likeness (QED) is 0.557. The maximum atomic E-state index is 5.53. The fourth-order valence-corrected chi connectivity index (χ4v) is 0.676. The van der Waals surface area contributed by atoms with Gasteiger partial charge in [0.2, 0.25) is 0 Å². The molecule has 0 amide bonds. The SMILES string of the molecule is CNC(C)C[C@H](C)N. The van der Waals surface area contributed by atoms with Crippen LogP contribution in [-0.2, 0) is 0 Å². The summed E-state index contributed by atoms with van der Waals surface area (Å²) in [7, 11) is 1.95. The fraction of sp³-hybridized carbons (Fsp3) is 1.00. The molecule has 0 aliphatic heterocycles. The first-order valence-electron chi connectivity index (χ1n) is 3.09. The van der Waals surface area contributed by atoms with Gasteiger partial charge in [0.15, 0.2) is 0 Å². The molecule has 0 radical (unpaired) electrons. The van der Waals surface area contributed by atoms with Crippen molar-refractivity contribution in [1.82, 2.24) is 5.32 Å². The summed E-state index contributed by atoms with van der Waals surface area (Å²) >= 11 is 0. The number of nitrogens with two attached hydrogens (primary N) is 1. The molecule has 0 aliphatic carbocycles. The molecule has 2 nitrogen and oxygen atoms in total. The van der Waals surface area contributed by atoms with Crippen LogP contribution in [0.3, 0.4) is 0 Å². The topological polar surface area (TPSA) is 38.0 Å². The van der Waals surface area contributed by atoms with Crippen LogP contribution >= 0.6 is 0 Å². The lowest BCUT2D eigenvalue weighted by atomic mass is 10.1. The first-order valence-corrected chi connectivity index (χ1v) is 3.09. The second-order valence-electron chi connectivity index (χ2n) is 2.40. The fourth-order valence-electron chi connectivity index (χ4n) is 0.676. The molecule has 0 fully saturated rings. The van der Waals surface area contributed by atoms with E-state index >= 15 is 0 Å². The molecule has 3 N–H and O–H groups in total. The maximum Gasteiger partial charge on any atom is 0.00503 e. The molecule has 2 atom stereocenters. The van der Waals surface area contributed by atoms with Crippen molar-refractivity contribution in [2.24, 2.45) is 5.73 Å². The summed E-state index contributed by atoms with van der Waals surface area (Å²) in [5, 5.41) is 3.12. The van der Waals surface area contributed by atoms with E-state index in [2.05, 4.69) is 12.2 Å². The summed E-state index contributed by atoms with van der Waals surface area (Å²) in [6.07, 6.45) is 1.05. The molecule has 0 aromatic rings. The molecule has 0 saturated heterocycles. The van der Waals surface area contributed by atoms with Gasteiger partial charge in [-0.1, -0.05) is 0 Å². The predicted molar refractivity (Wildman–Crippen MR) is 36.8 cm³/mol. The highest BCUT2D eigenvalue weighted by Crippen LogP contribution is 1.91. The van der Waals surface area contributed by atoms with Crippen molar-refractivity contribution < 1.29 is 0 Å². The molecule has 0 rings (SSSR count). The van der Waals surface area contributed by atoms with Crippen LogP contribution in [0, 0.1) is 0 Å². The van der Waals surface area contributed by atoms with E-state index in [0.717, 1.165) is 6.42 Å². The Morgan fingerprint density at radius 2 is 2.00 bits per heavy atom. The maximum absolute atomic E-state index is 5.53. The van der Waals surface area contributed by atoms with Crippen LogP contribution < -0.4 is 11.1 Å². The highest BCUT2D eigenvalue weighted by atomic mass is 14.9. The van der Waals surface area contributed by atoms with Gasteiger partial charge in [0.1, 0.15) is 0 Å². The normalized spacial score (nSPS) is 18.0. The van der Waals surface area contributed by atoms with Crippen molar-refractivity contribution in [2.75, 3.05) is 7.05 Å². The molecular formula is C6H16N2. The average molecular weight is 116 g/mol. The minimum atomic E-state index is 0.317. The minimum Gasteiger partial charge on any atom is -0.328 e. The standard InChI is InChI=1S/C6H16N2/c1-5(7)4-6(2)8-3/h5-6,8H,4,7H2,1-3H3/t5-,6?/m0/s1. The Balaban J connectivity index is 3.10. The molecule has 8 heavy (non-hydrogen) atoms. The zero-order chi connectivity index (χ0) is 6.57. The average Bonchev–Trinajstić information content (AvgIpc) is 1.65. The smallest absolute Gasteiger partial charge is 0.00503 e. The summed E-state index contributed by atoms with van der Waals surface area (Å²) in [5.74, 6) is 0. The molecular weight excluding hydrogens is 100 g/mol. The summed E-state index contributed by atoms with van der Waals surface area (Å²) in [6.45, 7) is 4.15. The Bertz CT molecular complexity index is 52.5. The highest BCUT2D eigenvalue weighted by molar-refractivity contribution is 4.63. The van der Waals surface area contributed by atoms with Crippen LogP contribution in [0.2, 0.25) is 0 Å². The first-order chi connectivity index (χ1) is 3.66. The van der Waals surface area contributed by atoms with E-state index in [4.69, 9.17) is 5.73 Å². The monoisotopic (exact) mass is 116 g/mol. The van der Waals surface area contributed by atoms with Crippen LogP contribution in [0.25, 0.3) is 0 Å². The third-order valence-corrected chi connectivity index (χ3v) is 1.22. The van der Waals surface area contributed by atoms with E-state index in [9.17, 15) is 0 Å². The lowest BCUT2D eigenvalue weighted by Gasteiger charge is -2.11. The molecule has 50 valence electrons. The second kappa shape index (κ2) is 3.87. The third kappa shape index (κ3) is 4.09. The molecule has 2 heteroatoms. The van der Waals surface area contributed by atoms with Crippen molar-refractivity contribution in [3.8, 4) is 0 Å². The minimum absolute atomic E-state index is 0.317. The van der Waals surface area contributed by atoms with Crippen molar-refractivity contribution in [2.45, 2.75) is 32.4 Å². The number of nitrogens with one attached hydrogen (secondary N) is 1. The molecule has 1 unspecified atom stereocenters. The third-order valence-electron chi connectivity index (χ3n) is 1.22. The molecule has 0 spiro atoms. The Hall–Kier alpha value is -0.0800. The van der Waals surface area contributed by atoms with Gasteiger partial charge in [0, 0.05) is 12.1 Å². The van der Waals surface area contributed by atoms with E-state index in [0.29, 0.717) is 12.1 Å². The lowest BCUT2D eigenvalue weighted by molar-refractivity contribution is 0.513. The first kappa shape index (κ1) is 7.92. The van der Waals surface area contributed by atoms with Crippen molar-refractivity contribution in [1.29, 1.82) is 0 Å². The van der Waals surface area contributed by atoms with Gasteiger partial charge >= 0.3 is 0 Å². The van der Waals surface area contributed by atoms with Gasteiger partial charge in [-0.05, 0) is 27.3 Å². The van der Waals surface area contributed by atoms with Gasteiger partial charge in [-0.15, -0.1) is 0 Å². The summed E-state index contributed by atoms with van der Waals surface area (Å²) in [4.78, 5) is 0. The Kier molecular flexibility index (Phi) is 3.83. The Morgan fingerprint density at radius 3 is 2.12 bits per heavy atom. The van der Waals surface area contributed by atoms with Crippen molar-refractivity contribution in [3.63, 3.8) is 0 Å². The molecule has 0 aliphatic rings. The van der Waals surface area contributed by atoms with Gasteiger partial charge in [-0.25, -0.2) is 0 Å². The van der Waals surface area contributed by atoms with Gasteiger partial charge in [0.25, 0.3) is 0 Å². The lowest BCUT2D eigenvalue weighted by Crippen LogP contribution is -2.29. The molecule has 0 saturated carbocycles. The van der Waals surface area contributed by atoms with Gasteiger partial charge in [0.05, 0.1) is 0 Å². The zero-order valence-electron chi connectivity index (χ0n) is 5.94. The Morgan fingerprint density at radius 1 is 1.50 bits per heavy atom. The molecule has 0 bridgehead atoms. The number of hydrogen-bond acceptors (Lipinski definition) is 2. The zero-order valence-corrected chi connectivity index (χ0v) is 5.94. The number of rotatable bonds is 3. The summed E-state index contributed by atoms with van der Waals surface area (Å²) < 4.78 is 0. The van der Waals surface area contributed by atoms with Crippen molar-refractivity contribution >= 4 is 0 Å². The van der Waals surface area contributed by atoms with E-state index in [1.165, 1.54) is 0 Å². The summed E-state index contributed by atoms with van der Waals surface area (Å²) in [6, 6.07) is 0.868. The van der Waals surface area contributed by atoms with E-state index in [-0.39, 0.29) is 0 Å². The second-order valence-corrected chi connectivity index (χ2v) is 2.40. The van der Waals surface area contributed by atoms with Crippen LogP contribution in [0.1, 0.15) is 20.3 Å². The van der Waals surface area contributed by atoms with Crippen LogP contribution in [0.5, 0.6) is 0 Å². The van der Waals surface area contributed by atoms with E-state index in [1.807, 2.05) is 14.0 Å². The molecule has 0 aromatic carbocycles. The largest absolute Gasteiger partial charge is 0.328 e. The van der Waals surface area contributed by atoms with E-state index in [1.54, 1.807) is 0 Å². The van der Waals surface area contributed by atoms with Crippen LogP contribution in [-0.4, -0.2) is 19.1 Å². The van der Waals surface area contributed by atoms with E-state index < -0.39 is 0 Å². The predicted octanol–water partition coefficient (Wildman–Crippen LogP) is 0.332. The molecule has 0 heterocycles. The van der Waals surface area contributed by atoms with Gasteiger partial charge in [-0.2, -0.15) is 0 Å². The van der Waals surface area contributed by atoms with Crippen LogP contribution in [0.4, 0.5) is 0 Å². The Labute approximate surface area is 51.5 Å². The summed E-state index contributed by atoms with van der Waals surface area (Å²) in [5.41, 5.74) is 5.53. The number of hydrogen-bond donors (Lipinski definition) is 2. The van der Waals surface area contributed by atoms with Gasteiger partial charge < -0.3 is 11.1 Å². The van der Waals surface area contributed by atoms with Gasteiger partial charge in [-0.3, -0.25) is 0 Å². The molecule has 0 aromatic heterocycles. The highest BCUT2D eigenvalue weighted by Gasteiger charge is 1.99.